The third kappa shape index (κ3) is 3.81. The van der Waals surface area contributed by atoms with Crippen LogP contribution in [0, 0.1) is 5.82 Å². The fraction of sp³-hybridized carbons (Fsp3) is 0.250. The molecule has 0 radical (unpaired) electrons. The van der Waals surface area contributed by atoms with E-state index in [-0.39, 0.29) is 18.4 Å². The van der Waals surface area contributed by atoms with Crippen molar-refractivity contribution in [2.75, 3.05) is 5.32 Å². The van der Waals surface area contributed by atoms with Gasteiger partial charge < -0.3 is 11.1 Å². The molecule has 0 spiro atoms. The van der Waals surface area contributed by atoms with Gasteiger partial charge in [0.05, 0.1) is 0 Å². The SMILES string of the molecule is CC(N)CC(=O)Nc1nnc(-c2cc(Br)ccc2F)s1. The molecule has 3 N–H and O–H groups in total. The number of halogens is 2. The quantitative estimate of drug-likeness (QED) is 0.880. The molecule has 20 heavy (non-hydrogen) atoms. The van der Waals surface area contributed by atoms with E-state index < -0.39 is 5.82 Å². The van der Waals surface area contributed by atoms with E-state index in [4.69, 9.17) is 5.73 Å². The van der Waals surface area contributed by atoms with Crippen molar-refractivity contribution < 1.29 is 9.18 Å². The first-order chi connectivity index (χ1) is 9.45. The minimum atomic E-state index is -0.391. The number of carbonyl (C=O) groups is 1. The Balaban J connectivity index is 2.16. The van der Waals surface area contributed by atoms with Crippen LogP contribution in [0.15, 0.2) is 22.7 Å². The van der Waals surface area contributed by atoms with Crippen molar-refractivity contribution >= 4 is 38.3 Å². The molecule has 1 aromatic carbocycles. The van der Waals surface area contributed by atoms with E-state index in [0.717, 1.165) is 15.8 Å². The Labute approximate surface area is 127 Å². The molecule has 2 aromatic rings. The van der Waals surface area contributed by atoms with Crippen LogP contribution in [0.25, 0.3) is 10.6 Å². The number of anilines is 1. The number of benzene rings is 1. The molecule has 0 saturated carbocycles. The van der Waals surface area contributed by atoms with Gasteiger partial charge >= 0.3 is 0 Å². The number of amides is 1. The lowest BCUT2D eigenvalue weighted by Gasteiger charge is -2.03. The molecule has 1 heterocycles. The largest absolute Gasteiger partial charge is 0.327 e. The predicted octanol–water partition coefficient (Wildman–Crippen LogP) is 2.78. The predicted molar refractivity (Wildman–Crippen MR) is 79.9 cm³/mol. The van der Waals surface area contributed by atoms with Crippen LogP contribution in [0.5, 0.6) is 0 Å². The number of aromatic nitrogens is 2. The summed E-state index contributed by atoms with van der Waals surface area (Å²) >= 11 is 4.38. The van der Waals surface area contributed by atoms with Gasteiger partial charge in [-0.05, 0) is 25.1 Å². The summed E-state index contributed by atoms with van der Waals surface area (Å²) < 4.78 is 14.5. The van der Waals surface area contributed by atoms with Gasteiger partial charge in [0.1, 0.15) is 5.82 Å². The Morgan fingerprint density at radius 1 is 1.55 bits per heavy atom. The molecule has 5 nitrogen and oxygen atoms in total. The lowest BCUT2D eigenvalue weighted by Crippen LogP contribution is -2.23. The maximum atomic E-state index is 13.7. The van der Waals surface area contributed by atoms with Crippen LogP contribution in [-0.2, 0) is 4.79 Å². The summed E-state index contributed by atoms with van der Waals surface area (Å²) in [5.74, 6) is -0.629. The average molecular weight is 359 g/mol. The first-order valence-electron chi connectivity index (χ1n) is 5.80. The summed E-state index contributed by atoms with van der Waals surface area (Å²) in [6, 6.07) is 4.33. The lowest BCUT2D eigenvalue weighted by atomic mass is 10.2. The second-order valence-electron chi connectivity index (χ2n) is 4.27. The van der Waals surface area contributed by atoms with Crippen molar-refractivity contribution in [3.05, 3.63) is 28.5 Å². The Kier molecular flexibility index (Phi) is 4.79. The van der Waals surface area contributed by atoms with Gasteiger partial charge in [0, 0.05) is 22.5 Å². The molecule has 0 aliphatic rings. The summed E-state index contributed by atoms with van der Waals surface area (Å²) in [6.45, 7) is 1.74. The second kappa shape index (κ2) is 6.38. The average Bonchev–Trinajstić information content (AvgIpc) is 2.79. The van der Waals surface area contributed by atoms with Gasteiger partial charge in [-0.3, -0.25) is 4.79 Å². The maximum Gasteiger partial charge on any atom is 0.227 e. The molecule has 1 aromatic heterocycles. The van der Waals surface area contributed by atoms with Crippen molar-refractivity contribution in [2.45, 2.75) is 19.4 Å². The van der Waals surface area contributed by atoms with Crippen molar-refractivity contribution in [1.82, 2.24) is 10.2 Å². The van der Waals surface area contributed by atoms with Crippen LogP contribution in [0.4, 0.5) is 9.52 Å². The smallest absolute Gasteiger partial charge is 0.227 e. The zero-order chi connectivity index (χ0) is 14.7. The van der Waals surface area contributed by atoms with Gasteiger partial charge in [-0.15, -0.1) is 10.2 Å². The number of nitrogens with one attached hydrogen (secondary N) is 1. The fourth-order valence-electron chi connectivity index (χ4n) is 1.51. The molecule has 1 amide bonds. The summed E-state index contributed by atoms with van der Waals surface area (Å²) in [6.07, 6.45) is 0.195. The molecule has 8 heteroatoms. The Morgan fingerprint density at radius 3 is 3.00 bits per heavy atom. The van der Waals surface area contributed by atoms with Gasteiger partial charge in [-0.2, -0.15) is 0 Å². The van der Waals surface area contributed by atoms with Crippen molar-refractivity contribution in [1.29, 1.82) is 0 Å². The highest BCUT2D eigenvalue weighted by Crippen LogP contribution is 2.30. The van der Waals surface area contributed by atoms with Crippen molar-refractivity contribution in [3.8, 4) is 10.6 Å². The molecule has 0 bridgehead atoms. The van der Waals surface area contributed by atoms with Gasteiger partial charge in [0.2, 0.25) is 11.0 Å². The molecule has 0 saturated heterocycles. The first kappa shape index (κ1) is 15.0. The normalized spacial score (nSPS) is 12.2. The third-order valence-corrected chi connectivity index (χ3v) is 3.70. The Morgan fingerprint density at radius 2 is 2.30 bits per heavy atom. The minimum absolute atomic E-state index is 0.195. The van der Waals surface area contributed by atoms with Crippen LogP contribution in [-0.4, -0.2) is 22.1 Å². The van der Waals surface area contributed by atoms with Gasteiger partial charge in [-0.25, -0.2) is 4.39 Å². The van der Waals surface area contributed by atoms with Crippen LogP contribution in [0.2, 0.25) is 0 Å². The van der Waals surface area contributed by atoms with E-state index in [0.29, 0.717) is 15.7 Å². The zero-order valence-electron chi connectivity index (χ0n) is 10.6. The molecule has 0 fully saturated rings. The highest BCUT2D eigenvalue weighted by molar-refractivity contribution is 9.10. The van der Waals surface area contributed by atoms with E-state index in [9.17, 15) is 9.18 Å². The van der Waals surface area contributed by atoms with E-state index in [2.05, 4.69) is 31.4 Å². The fourth-order valence-corrected chi connectivity index (χ4v) is 2.65. The van der Waals surface area contributed by atoms with Gasteiger partial charge in [0.25, 0.3) is 0 Å². The molecule has 106 valence electrons. The maximum absolute atomic E-state index is 13.7. The first-order valence-corrected chi connectivity index (χ1v) is 7.41. The third-order valence-electron chi connectivity index (χ3n) is 2.34. The van der Waals surface area contributed by atoms with Crippen LogP contribution in [0.3, 0.4) is 0 Å². The standard InChI is InChI=1S/C12H12BrFN4OS/c1-6(15)4-10(19)16-12-18-17-11(20-12)8-5-7(13)2-3-9(8)14/h2-3,5-6H,4,15H2,1H3,(H,16,18,19). The highest BCUT2D eigenvalue weighted by atomic mass is 79.9. The monoisotopic (exact) mass is 358 g/mol. The molecular weight excluding hydrogens is 347 g/mol. The van der Waals surface area contributed by atoms with Crippen LogP contribution >= 0.6 is 27.3 Å². The molecule has 1 atom stereocenters. The number of nitrogens with zero attached hydrogens (tertiary/aromatic N) is 2. The topological polar surface area (TPSA) is 80.9 Å². The molecule has 0 aliphatic carbocycles. The molecular formula is C12H12BrFN4OS. The zero-order valence-corrected chi connectivity index (χ0v) is 13.0. The number of rotatable bonds is 4. The Hall–Kier alpha value is -1.38. The summed E-state index contributed by atoms with van der Waals surface area (Å²) in [4.78, 5) is 11.6. The summed E-state index contributed by atoms with van der Waals surface area (Å²) in [7, 11) is 0. The lowest BCUT2D eigenvalue weighted by molar-refractivity contribution is -0.116. The van der Waals surface area contributed by atoms with Crippen LogP contribution < -0.4 is 11.1 Å². The summed E-state index contributed by atoms with van der Waals surface area (Å²) in [5.41, 5.74) is 5.87. The van der Waals surface area contributed by atoms with Crippen molar-refractivity contribution in [3.63, 3.8) is 0 Å². The van der Waals surface area contributed by atoms with E-state index in [1.807, 2.05) is 0 Å². The molecule has 2 rings (SSSR count). The number of hydrogen-bond donors (Lipinski definition) is 2. The van der Waals surface area contributed by atoms with E-state index >= 15 is 0 Å². The molecule has 0 aliphatic heterocycles. The van der Waals surface area contributed by atoms with Gasteiger partial charge in [0.15, 0.2) is 5.01 Å². The summed E-state index contributed by atoms with van der Waals surface area (Å²) in [5, 5.41) is 11.0. The molecule has 1 unspecified atom stereocenters. The second-order valence-corrected chi connectivity index (χ2v) is 6.16. The number of hydrogen-bond acceptors (Lipinski definition) is 5. The van der Waals surface area contributed by atoms with E-state index in [1.165, 1.54) is 6.07 Å². The Bertz CT molecular complexity index is 632. The van der Waals surface area contributed by atoms with Crippen molar-refractivity contribution in [2.24, 2.45) is 5.73 Å². The van der Waals surface area contributed by atoms with Gasteiger partial charge in [-0.1, -0.05) is 27.3 Å². The number of carbonyl (C=O) groups excluding carboxylic acids is 1. The highest BCUT2D eigenvalue weighted by Gasteiger charge is 2.14. The minimum Gasteiger partial charge on any atom is -0.327 e. The number of nitrogens with two attached hydrogens (primary N) is 1. The van der Waals surface area contributed by atoms with E-state index in [1.54, 1.807) is 19.1 Å². The van der Waals surface area contributed by atoms with Crippen LogP contribution in [0.1, 0.15) is 13.3 Å².